The summed E-state index contributed by atoms with van der Waals surface area (Å²) in [7, 11) is 0. The maximum Gasteiger partial charge on any atom is 0.499 e. The number of rotatable bonds is 7. The number of hydrogen-bond donors (Lipinski definition) is 2. The molecule has 0 saturated carbocycles. The van der Waals surface area contributed by atoms with Crippen LogP contribution in [0.3, 0.4) is 0 Å². The number of nitrogens with zero attached hydrogens (tertiary/aromatic N) is 1. The minimum Gasteiger partial charge on any atom is -0.426 e. The van der Waals surface area contributed by atoms with Gasteiger partial charge in [-0.2, -0.15) is 22.0 Å². The Balaban J connectivity index is 2.04. The zero-order valence-electron chi connectivity index (χ0n) is 15.9. The molecule has 2 aromatic rings. The Hall–Kier alpha value is -3.24. The Morgan fingerprint density at radius 2 is 1.73 bits per heavy atom. The number of carbonyl (C=O) groups excluding carboxylic acids is 2. The van der Waals surface area contributed by atoms with Crippen molar-refractivity contribution in [3.8, 4) is 5.75 Å². The highest BCUT2D eigenvalue weighted by molar-refractivity contribution is 5.94. The van der Waals surface area contributed by atoms with Gasteiger partial charge in [0.25, 0.3) is 5.91 Å². The molecular weight excluding hydrogens is 413 g/mol. The maximum absolute atomic E-state index is 12.9. The van der Waals surface area contributed by atoms with E-state index in [1.807, 2.05) is 0 Å². The minimum atomic E-state index is -5.86. The van der Waals surface area contributed by atoms with Gasteiger partial charge < -0.3 is 15.4 Å². The molecule has 30 heavy (non-hydrogen) atoms. The number of amides is 2. The largest absolute Gasteiger partial charge is 0.499 e. The molecule has 0 aliphatic rings. The van der Waals surface area contributed by atoms with Gasteiger partial charge in [-0.25, -0.2) is 4.98 Å². The van der Waals surface area contributed by atoms with Crippen LogP contribution in [0.5, 0.6) is 5.75 Å². The number of aromatic nitrogens is 1. The van der Waals surface area contributed by atoms with E-state index in [-0.39, 0.29) is 17.9 Å². The van der Waals surface area contributed by atoms with Gasteiger partial charge in [0.2, 0.25) is 5.91 Å². The summed E-state index contributed by atoms with van der Waals surface area (Å²) in [4.78, 5) is 27.8. The second-order valence-electron chi connectivity index (χ2n) is 6.21. The number of alkyl halides is 5. The van der Waals surface area contributed by atoms with E-state index < -0.39 is 30.0 Å². The molecule has 162 valence electrons. The van der Waals surface area contributed by atoms with Crippen LogP contribution in [0, 0.1) is 0 Å². The highest BCUT2D eigenvalue weighted by Crippen LogP contribution is 2.37. The van der Waals surface area contributed by atoms with Gasteiger partial charge in [-0.15, -0.1) is 0 Å². The number of pyridine rings is 1. The standard InChI is InChI=1S/C19H18F5N3O3/c1-3-16(28)27-15-10-13(8-9-25-15)11(2)26-17(29)12-4-6-14(7-5-12)30-19(23,24)18(20,21)22/h4-11H,3H2,1-2H3,(H,26,29)(H,25,27,28). The number of anilines is 1. The van der Waals surface area contributed by atoms with E-state index in [1.165, 1.54) is 6.20 Å². The lowest BCUT2D eigenvalue weighted by Crippen LogP contribution is -2.41. The van der Waals surface area contributed by atoms with E-state index in [4.69, 9.17) is 0 Å². The van der Waals surface area contributed by atoms with Crippen LogP contribution in [0.2, 0.25) is 0 Å². The Labute approximate surface area is 168 Å². The summed E-state index contributed by atoms with van der Waals surface area (Å²) in [6, 6.07) is 6.49. The molecule has 1 aromatic carbocycles. The van der Waals surface area contributed by atoms with Crippen LogP contribution in [0.4, 0.5) is 27.8 Å². The molecule has 0 radical (unpaired) electrons. The maximum atomic E-state index is 12.9. The lowest BCUT2D eigenvalue weighted by Gasteiger charge is -2.20. The fraction of sp³-hybridized carbons (Fsp3) is 0.316. The van der Waals surface area contributed by atoms with Crippen LogP contribution in [0.1, 0.15) is 42.2 Å². The quantitative estimate of drug-likeness (QED) is 0.635. The van der Waals surface area contributed by atoms with Crippen molar-refractivity contribution in [2.75, 3.05) is 5.32 Å². The van der Waals surface area contributed by atoms with Crippen molar-refractivity contribution in [3.63, 3.8) is 0 Å². The average molecular weight is 431 g/mol. The van der Waals surface area contributed by atoms with E-state index in [1.54, 1.807) is 26.0 Å². The summed E-state index contributed by atoms with van der Waals surface area (Å²) in [5, 5.41) is 5.24. The van der Waals surface area contributed by atoms with Gasteiger partial charge >= 0.3 is 12.3 Å². The van der Waals surface area contributed by atoms with Crippen LogP contribution < -0.4 is 15.4 Å². The number of hydrogen-bond acceptors (Lipinski definition) is 4. The third-order valence-corrected chi connectivity index (χ3v) is 3.91. The number of carbonyl (C=O) groups is 2. The van der Waals surface area contributed by atoms with Crippen molar-refractivity contribution in [2.45, 2.75) is 38.6 Å². The van der Waals surface area contributed by atoms with Gasteiger partial charge in [-0.1, -0.05) is 6.92 Å². The summed E-state index contributed by atoms with van der Waals surface area (Å²) >= 11 is 0. The van der Waals surface area contributed by atoms with Crippen molar-refractivity contribution in [2.24, 2.45) is 0 Å². The second kappa shape index (κ2) is 9.06. The van der Waals surface area contributed by atoms with E-state index in [2.05, 4.69) is 20.4 Å². The normalized spacial score (nSPS) is 12.8. The van der Waals surface area contributed by atoms with Gasteiger partial charge in [-0.05, 0) is 48.9 Å². The topological polar surface area (TPSA) is 80.3 Å². The van der Waals surface area contributed by atoms with Crippen LogP contribution in [0.25, 0.3) is 0 Å². The molecule has 2 rings (SSSR count). The van der Waals surface area contributed by atoms with E-state index in [0.717, 1.165) is 24.3 Å². The first kappa shape index (κ1) is 23.0. The zero-order valence-corrected chi connectivity index (χ0v) is 15.9. The number of halogens is 5. The molecule has 1 aromatic heterocycles. The lowest BCUT2D eigenvalue weighted by molar-refractivity contribution is -0.360. The molecule has 0 aliphatic heterocycles. The molecule has 2 N–H and O–H groups in total. The van der Waals surface area contributed by atoms with Crippen molar-refractivity contribution in [1.29, 1.82) is 0 Å². The first-order chi connectivity index (χ1) is 13.9. The smallest absolute Gasteiger partial charge is 0.426 e. The summed E-state index contributed by atoms with van der Waals surface area (Å²) in [5.74, 6) is -1.25. The Morgan fingerprint density at radius 1 is 1.10 bits per heavy atom. The van der Waals surface area contributed by atoms with Crippen molar-refractivity contribution in [1.82, 2.24) is 10.3 Å². The van der Waals surface area contributed by atoms with Crippen molar-refractivity contribution in [3.05, 3.63) is 53.7 Å². The molecule has 1 heterocycles. The summed E-state index contributed by atoms with van der Waals surface area (Å²) in [6.07, 6.45) is -9.49. The molecule has 0 fully saturated rings. The number of benzene rings is 1. The predicted molar refractivity (Wildman–Crippen MR) is 97.1 cm³/mol. The zero-order chi connectivity index (χ0) is 22.5. The first-order valence-corrected chi connectivity index (χ1v) is 8.73. The molecule has 0 aliphatic carbocycles. The summed E-state index contributed by atoms with van der Waals surface area (Å²) in [6.45, 7) is 3.35. The van der Waals surface area contributed by atoms with Crippen LogP contribution in [-0.2, 0) is 4.79 Å². The lowest BCUT2D eigenvalue weighted by atomic mass is 10.1. The number of nitrogens with one attached hydrogen (secondary N) is 2. The van der Waals surface area contributed by atoms with E-state index in [9.17, 15) is 31.5 Å². The van der Waals surface area contributed by atoms with Crippen LogP contribution >= 0.6 is 0 Å². The van der Waals surface area contributed by atoms with Gasteiger partial charge in [0.1, 0.15) is 11.6 Å². The second-order valence-corrected chi connectivity index (χ2v) is 6.21. The molecule has 6 nitrogen and oxygen atoms in total. The van der Waals surface area contributed by atoms with Gasteiger partial charge in [0.15, 0.2) is 0 Å². The van der Waals surface area contributed by atoms with Gasteiger partial charge in [-0.3, -0.25) is 9.59 Å². The Kier molecular flexibility index (Phi) is 6.96. The SMILES string of the molecule is CCC(=O)Nc1cc(C(C)NC(=O)c2ccc(OC(F)(F)C(F)(F)F)cc2)ccn1. The van der Waals surface area contributed by atoms with Gasteiger partial charge in [0, 0.05) is 18.2 Å². The average Bonchev–Trinajstić information content (AvgIpc) is 2.67. The molecule has 0 saturated heterocycles. The van der Waals surface area contributed by atoms with E-state index >= 15 is 0 Å². The number of ether oxygens (including phenoxy) is 1. The summed E-state index contributed by atoms with van der Waals surface area (Å²) in [5.41, 5.74) is 0.660. The Morgan fingerprint density at radius 3 is 2.30 bits per heavy atom. The monoisotopic (exact) mass is 431 g/mol. The summed E-state index contributed by atoms with van der Waals surface area (Å²) < 4.78 is 66.0. The highest BCUT2D eigenvalue weighted by Gasteiger charge is 2.61. The predicted octanol–water partition coefficient (Wildman–Crippen LogP) is 4.46. The van der Waals surface area contributed by atoms with E-state index in [0.29, 0.717) is 11.4 Å². The highest BCUT2D eigenvalue weighted by atomic mass is 19.4. The van der Waals surface area contributed by atoms with Crippen LogP contribution in [-0.4, -0.2) is 29.1 Å². The van der Waals surface area contributed by atoms with Crippen LogP contribution in [0.15, 0.2) is 42.6 Å². The third-order valence-electron chi connectivity index (χ3n) is 3.91. The molecule has 1 atom stereocenters. The molecular formula is C19H18F5N3O3. The molecule has 1 unspecified atom stereocenters. The van der Waals surface area contributed by atoms with Crippen molar-refractivity contribution >= 4 is 17.6 Å². The fourth-order valence-corrected chi connectivity index (χ4v) is 2.26. The molecule has 2 amide bonds. The third kappa shape index (κ3) is 5.88. The molecule has 11 heteroatoms. The first-order valence-electron chi connectivity index (χ1n) is 8.73. The fourth-order valence-electron chi connectivity index (χ4n) is 2.26. The van der Waals surface area contributed by atoms with Crippen molar-refractivity contribution < 1.29 is 36.3 Å². The van der Waals surface area contributed by atoms with Gasteiger partial charge in [0.05, 0.1) is 6.04 Å². The molecule has 0 bridgehead atoms. The molecule has 0 spiro atoms. The Bertz CT molecular complexity index is 901. The minimum absolute atomic E-state index is 0.0260.